The highest BCUT2D eigenvalue weighted by molar-refractivity contribution is 7.97. The summed E-state index contributed by atoms with van der Waals surface area (Å²) in [6.45, 7) is 0. The Labute approximate surface area is 115 Å². The first-order valence-corrected chi connectivity index (χ1v) is 6.95. The number of aromatic carboxylic acids is 1. The Balaban J connectivity index is 2.02. The minimum atomic E-state index is -1.09. The molecule has 2 nitrogen and oxygen atoms in total. The van der Waals surface area contributed by atoms with Crippen LogP contribution >= 0.6 is 11.8 Å². The zero-order valence-corrected chi connectivity index (χ0v) is 11.0. The van der Waals surface area contributed by atoms with E-state index in [1.807, 2.05) is 30.3 Å². The molecule has 0 amide bonds. The highest BCUT2D eigenvalue weighted by atomic mass is 32.2. The van der Waals surface area contributed by atoms with E-state index in [0.29, 0.717) is 11.3 Å². The van der Waals surface area contributed by atoms with Gasteiger partial charge in [0.25, 0.3) is 0 Å². The maximum absolute atomic E-state index is 13.0. The van der Waals surface area contributed by atoms with Crippen molar-refractivity contribution in [3.63, 3.8) is 0 Å². The van der Waals surface area contributed by atoms with Gasteiger partial charge in [0, 0.05) is 11.5 Å². The molecule has 2 aromatic carbocycles. The van der Waals surface area contributed by atoms with Crippen LogP contribution in [-0.2, 0) is 11.5 Å². The molecule has 0 radical (unpaired) electrons. The molecule has 0 fully saturated rings. The second-order valence-corrected chi connectivity index (χ2v) is 5.07. The van der Waals surface area contributed by atoms with Gasteiger partial charge in [-0.1, -0.05) is 36.4 Å². The minimum Gasteiger partial charge on any atom is -0.478 e. The van der Waals surface area contributed by atoms with E-state index in [2.05, 4.69) is 0 Å². The zero-order chi connectivity index (χ0) is 13.7. The lowest BCUT2D eigenvalue weighted by Gasteiger charge is -2.06. The average Bonchev–Trinajstić information content (AvgIpc) is 2.41. The summed E-state index contributed by atoms with van der Waals surface area (Å²) in [6, 6.07) is 13.8. The highest BCUT2D eigenvalue weighted by Gasteiger charge is 2.11. The third kappa shape index (κ3) is 3.83. The van der Waals surface area contributed by atoms with E-state index in [4.69, 9.17) is 5.11 Å². The number of benzene rings is 2. The lowest BCUT2D eigenvalue weighted by molar-refractivity contribution is 0.0695. The van der Waals surface area contributed by atoms with Crippen molar-refractivity contribution in [1.29, 1.82) is 0 Å². The van der Waals surface area contributed by atoms with E-state index < -0.39 is 11.8 Å². The Morgan fingerprint density at radius 1 is 1.11 bits per heavy atom. The first kappa shape index (κ1) is 13.6. The van der Waals surface area contributed by atoms with Crippen molar-refractivity contribution >= 4 is 17.7 Å². The van der Waals surface area contributed by atoms with E-state index >= 15 is 0 Å². The van der Waals surface area contributed by atoms with Gasteiger partial charge in [0.05, 0.1) is 5.56 Å². The molecular formula is C15H13FO2S. The molecule has 98 valence electrons. The molecule has 0 atom stereocenters. The lowest BCUT2D eigenvalue weighted by atomic mass is 10.1. The summed E-state index contributed by atoms with van der Waals surface area (Å²) < 4.78 is 13.0. The smallest absolute Gasteiger partial charge is 0.336 e. The summed E-state index contributed by atoms with van der Waals surface area (Å²) in [5.74, 6) is -0.252. The molecular weight excluding hydrogens is 263 g/mol. The summed E-state index contributed by atoms with van der Waals surface area (Å²) in [5.41, 5.74) is 1.88. The van der Waals surface area contributed by atoms with Crippen LogP contribution in [0.5, 0.6) is 0 Å². The maximum Gasteiger partial charge on any atom is 0.336 e. The standard InChI is InChI=1S/C15H13FO2S/c16-13-7-6-12(14(8-13)15(17)18)10-19-9-11-4-2-1-3-5-11/h1-8H,9-10H2,(H,17,18). The molecule has 4 heteroatoms. The third-order valence-corrected chi connectivity index (χ3v) is 3.72. The predicted octanol–water partition coefficient (Wildman–Crippen LogP) is 3.96. The van der Waals surface area contributed by atoms with Gasteiger partial charge in [-0.25, -0.2) is 9.18 Å². The fraction of sp³-hybridized carbons (Fsp3) is 0.133. The van der Waals surface area contributed by atoms with Crippen LogP contribution in [0.2, 0.25) is 0 Å². The van der Waals surface area contributed by atoms with Crippen molar-refractivity contribution in [2.45, 2.75) is 11.5 Å². The molecule has 2 aromatic rings. The molecule has 0 aliphatic rings. The first-order valence-electron chi connectivity index (χ1n) is 5.80. The van der Waals surface area contributed by atoms with Crippen molar-refractivity contribution in [3.05, 3.63) is 71.0 Å². The molecule has 0 saturated carbocycles. The van der Waals surface area contributed by atoms with E-state index in [-0.39, 0.29) is 5.56 Å². The first-order chi connectivity index (χ1) is 9.16. The quantitative estimate of drug-likeness (QED) is 0.898. The second-order valence-electron chi connectivity index (χ2n) is 4.09. The second kappa shape index (κ2) is 6.38. The number of hydrogen-bond donors (Lipinski definition) is 1. The average molecular weight is 276 g/mol. The van der Waals surface area contributed by atoms with Crippen LogP contribution < -0.4 is 0 Å². The van der Waals surface area contributed by atoms with Crippen LogP contribution in [0.15, 0.2) is 48.5 Å². The van der Waals surface area contributed by atoms with Crippen LogP contribution in [0.4, 0.5) is 4.39 Å². The van der Waals surface area contributed by atoms with Crippen molar-refractivity contribution in [2.24, 2.45) is 0 Å². The number of carbonyl (C=O) groups is 1. The van der Waals surface area contributed by atoms with Gasteiger partial charge in [-0.3, -0.25) is 0 Å². The van der Waals surface area contributed by atoms with E-state index in [9.17, 15) is 9.18 Å². The number of hydrogen-bond acceptors (Lipinski definition) is 2. The zero-order valence-electron chi connectivity index (χ0n) is 10.2. The summed E-state index contributed by atoms with van der Waals surface area (Å²) in [4.78, 5) is 11.0. The fourth-order valence-electron chi connectivity index (χ4n) is 1.73. The number of rotatable bonds is 5. The molecule has 0 aliphatic heterocycles. The van der Waals surface area contributed by atoms with Gasteiger partial charge in [-0.15, -0.1) is 0 Å². The summed E-state index contributed by atoms with van der Waals surface area (Å²) >= 11 is 1.61. The van der Waals surface area contributed by atoms with Gasteiger partial charge in [0.2, 0.25) is 0 Å². The minimum absolute atomic E-state index is 0.0422. The van der Waals surface area contributed by atoms with Crippen molar-refractivity contribution in [2.75, 3.05) is 0 Å². The van der Waals surface area contributed by atoms with Crippen molar-refractivity contribution in [3.8, 4) is 0 Å². The number of thioether (sulfide) groups is 1. The molecule has 0 unspecified atom stereocenters. The van der Waals surface area contributed by atoms with Crippen LogP contribution in [0.3, 0.4) is 0 Å². The van der Waals surface area contributed by atoms with Gasteiger partial charge in [0.1, 0.15) is 5.82 Å². The Morgan fingerprint density at radius 2 is 1.84 bits per heavy atom. The monoisotopic (exact) mass is 276 g/mol. The molecule has 2 rings (SSSR count). The molecule has 0 saturated heterocycles. The largest absolute Gasteiger partial charge is 0.478 e. The molecule has 0 aromatic heterocycles. The molecule has 0 heterocycles. The van der Waals surface area contributed by atoms with Crippen LogP contribution in [0.1, 0.15) is 21.5 Å². The Hall–Kier alpha value is -1.81. The predicted molar refractivity (Wildman–Crippen MR) is 74.8 cm³/mol. The van der Waals surface area contributed by atoms with Gasteiger partial charge in [-0.05, 0) is 23.3 Å². The SMILES string of the molecule is O=C(O)c1cc(F)ccc1CSCc1ccccc1. The van der Waals surface area contributed by atoms with Crippen molar-refractivity contribution < 1.29 is 14.3 Å². The Kier molecular flexibility index (Phi) is 4.58. The molecule has 1 N–H and O–H groups in total. The van der Waals surface area contributed by atoms with Gasteiger partial charge in [0.15, 0.2) is 0 Å². The molecule has 0 spiro atoms. The molecule has 19 heavy (non-hydrogen) atoms. The third-order valence-electron chi connectivity index (χ3n) is 2.67. The summed E-state index contributed by atoms with van der Waals surface area (Å²) in [6.07, 6.45) is 0. The number of carboxylic acids is 1. The lowest BCUT2D eigenvalue weighted by Crippen LogP contribution is -2.02. The van der Waals surface area contributed by atoms with Gasteiger partial charge < -0.3 is 5.11 Å². The highest BCUT2D eigenvalue weighted by Crippen LogP contribution is 2.21. The number of carboxylic acid groups (broad SMARTS) is 1. The summed E-state index contributed by atoms with van der Waals surface area (Å²) in [5, 5.41) is 9.03. The van der Waals surface area contributed by atoms with Gasteiger partial charge in [-0.2, -0.15) is 11.8 Å². The topological polar surface area (TPSA) is 37.3 Å². The molecule has 0 bridgehead atoms. The van der Waals surface area contributed by atoms with Crippen LogP contribution in [0.25, 0.3) is 0 Å². The van der Waals surface area contributed by atoms with Crippen LogP contribution in [0, 0.1) is 5.82 Å². The van der Waals surface area contributed by atoms with E-state index in [0.717, 1.165) is 11.8 Å². The number of halogens is 1. The fourth-order valence-corrected chi connectivity index (χ4v) is 2.73. The van der Waals surface area contributed by atoms with E-state index in [1.165, 1.54) is 17.7 Å². The molecule has 0 aliphatic carbocycles. The van der Waals surface area contributed by atoms with Gasteiger partial charge >= 0.3 is 5.97 Å². The maximum atomic E-state index is 13.0. The summed E-state index contributed by atoms with van der Waals surface area (Å²) in [7, 11) is 0. The normalized spacial score (nSPS) is 10.4. The van der Waals surface area contributed by atoms with E-state index in [1.54, 1.807) is 11.8 Å². The van der Waals surface area contributed by atoms with Crippen LogP contribution in [-0.4, -0.2) is 11.1 Å². The Bertz CT molecular complexity index is 570. The Morgan fingerprint density at radius 3 is 2.53 bits per heavy atom. The van der Waals surface area contributed by atoms with Crippen molar-refractivity contribution in [1.82, 2.24) is 0 Å².